The normalized spacial score (nSPS) is 29.0. The molecule has 0 saturated carbocycles. The van der Waals surface area contributed by atoms with Crippen molar-refractivity contribution in [1.29, 1.82) is 0 Å². The van der Waals surface area contributed by atoms with Crippen LogP contribution in [0.4, 0.5) is 15.8 Å². The van der Waals surface area contributed by atoms with E-state index in [2.05, 4.69) is 31.9 Å². The molecule has 2 amide bonds. The zero-order valence-corrected chi connectivity index (χ0v) is 19.8. The Morgan fingerprint density at radius 2 is 1.24 bits per heavy atom. The minimum atomic E-state index is -1.00. The molecule has 1 aliphatic heterocycles. The third-order valence-electron chi connectivity index (χ3n) is 6.96. The Kier molecular flexibility index (Phi) is 4.12. The molecule has 9 heteroatoms. The third kappa shape index (κ3) is 2.31. The molecule has 0 N–H and O–H groups in total. The number of benzene rings is 3. The molecule has 7 rings (SSSR count). The molecule has 2 bridgehead atoms. The van der Waals surface area contributed by atoms with Crippen LogP contribution in [0.3, 0.4) is 0 Å². The van der Waals surface area contributed by atoms with Crippen molar-refractivity contribution in [3.8, 4) is 0 Å². The van der Waals surface area contributed by atoms with Crippen molar-refractivity contribution >= 4 is 55.0 Å². The lowest BCUT2D eigenvalue weighted by atomic mass is 9.54. The highest BCUT2D eigenvalue weighted by molar-refractivity contribution is 9.10. The topological polar surface area (TPSA) is 80.5 Å². The van der Waals surface area contributed by atoms with Crippen molar-refractivity contribution in [2.75, 3.05) is 4.90 Å². The van der Waals surface area contributed by atoms with E-state index >= 15 is 0 Å². The van der Waals surface area contributed by atoms with Crippen LogP contribution in [-0.4, -0.2) is 16.7 Å². The zero-order chi connectivity index (χ0) is 23.3. The van der Waals surface area contributed by atoms with Crippen molar-refractivity contribution in [3.05, 3.63) is 105 Å². The minimum absolute atomic E-state index is 0.231. The Morgan fingerprint density at radius 1 is 0.818 bits per heavy atom. The Labute approximate surface area is 203 Å². The number of anilines is 1. The van der Waals surface area contributed by atoms with E-state index in [1.54, 1.807) is 0 Å². The van der Waals surface area contributed by atoms with Gasteiger partial charge in [-0.15, -0.1) is 0 Å². The number of nitrogens with zero attached hydrogens (tertiary/aromatic N) is 2. The lowest BCUT2D eigenvalue weighted by molar-refractivity contribution is -0.384. The van der Waals surface area contributed by atoms with E-state index in [-0.39, 0.29) is 5.69 Å². The summed E-state index contributed by atoms with van der Waals surface area (Å²) in [6.45, 7) is 0. The summed E-state index contributed by atoms with van der Waals surface area (Å²) >= 11 is 7.75. The van der Waals surface area contributed by atoms with E-state index in [9.17, 15) is 24.1 Å². The zero-order valence-electron chi connectivity index (χ0n) is 16.7. The molecule has 0 spiro atoms. The molecule has 3 aromatic rings. The number of carbonyl (C=O) groups is 2. The fourth-order valence-corrected chi connectivity index (χ4v) is 8.04. The van der Waals surface area contributed by atoms with Crippen LogP contribution in [0.5, 0.6) is 0 Å². The SMILES string of the molecule is O=C1[C@@H]2[C@H](C(=O)N1c1ccc(F)cc1[N+](=O)[O-])C1(Br)c3ccccc3C2(Br)c2ccccc21. The predicted octanol–water partition coefficient (Wildman–Crippen LogP) is 5.14. The first-order chi connectivity index (χ1) is 15.7. The maximum atomic E-state index is 13.9. The second-order valence-electron chi connectivity index (χ2n) is 8.37. The maximum absolute atomic E-state index is 13.9. The molecule has 0 radical (unpaired) electrons. The summed E-state index contributed by atoms with van der Waals surface area (Å²) in [6.07, 6.45) is 0. The number of imide groups is 1. The van der Waals surface area contributed by atoms with Crippen molar-refractivity contribution in [2.24, 2.45) is 11.8 Å². The van der Waals surface area contributed by atoms with Gasteiger partial charge in [0.2, 0.25) is 11.8 Å². The Hall–Kier alpha value is -2.91. The van der Waals surface area contributed by atoms with Gasteiger partial charge < -0.3 is 0 Å². The highest BCUT2D eigenvalue weighted by Gasteiger charge is 2.72. The smallest absolute Gasteiger partial charge is 0.274 e. The van der Waals surface area contributed by atoms with Crippen LogP contribution >= 0.6 is 31.9 Å². The summed E-state index contributed by atoms with van der Waals surface area (Å²) in [4.78, 5) is 39.5. The molecule has 6 nitrogen and oxygen atoms in total. The number of hydrogen-bond donors (Lipinski definition) is 0. The van der Waals surface area contributed by atoms with E-state index < -0.39 is 48.7 Å². The predicted molar refractivity (Wildman–Crippen MR) is 125 cm³/mol. The van der Waals surface area contributed by atoms with E-state index in [4.69, 9.17) is 0 Å². The summed E-state index contributed by atoms with van der Waals surface area (Å²) in [7, 11) is 0. The van der Waals surface area contributed by atoms with Gasteiger partial charge in [0.05, 0.1) is 31.5 Å². The van der Waals surface area contributed by atoms with Gasteiger partial charge in [0, 0.05) is 0 Å². The molecule has 1 heterocycles. The van der Waals surface area contributed by atoms with Gasteiger partial charge in [-0.3, -0.25) is 19.7 Å². The number of nitro groups is 1. The molecule has 2 atom stereocenters. The number of carbonyl (C=O) groups excluding carboxylic acids is 2. The van der Waals surface area contributed by atoms with Crippen molar-refractivity contribution in [2.45, 2.75) is 8.65 Å². The molecule has 3 aliphatic carbocycles. The third-order valence-corrected chi connectivity index (χ3v) is 9.66. The number of rotatable bonds is 2. The summed E-state index contributed by atoms with van der Waals surface area (Å²) in [5.41, 5.74) is 2.57. The molecule has 1 saturated heterocycles. The fourth-order valence-electron chi connectivity index (χ4n) is 5.74. The van der Waals surface area contributed by atoms with Gasteiger partial charge in [0.25, 0.3) is 5.69 Å². The van der Waals surface area contributed by atoms with E-state index in [0.717, 1.165) is 45.4 Å². The lowest BCUT2D eigenvalue weighted by Gasteiger charge is -2.55. The van der Waals surface area contributed by atoms with Gasteiger partial charge in [0.15, 0.2) is 0 Å². The van der Waals surface area contributed by atoms with Gasteiger partial charge in [-0.05, 0) is 34.4 Å². The standard InChI is InChI=1S/C24H13Br2FN2O4/c25-23-13-5-1-2-6-14(13)24(26,16-8-4-3-7-15(16)23)20-19(23)21(30)28(22(20)31)17-10-9-12(27)11-18(17)29(32)33/h1-11,19-20H/t19-,20+,23?,24?. The Bertz CT molecular complexity index is 1300. The first kappa shape index (κ1) is 20.7. The first-order valence-electron chi connectivity index (χ1n) is 10.1. The van der Waals surface area contributed by atoms with E-state index in [0.29, 0.717) is 0 Å². The highest BCUT2D eigenvalue weighted by Crippen LogP contribution is 2.71. The second-order valence-corrected chi connectivity index (χ2v) is 10.9. The van der Waals surface area contributed by atoms with Gasteiger partial charge >= 0.3 is 0 Å². The summed E-state index contributed by atoms with van der Waals surface area (Å²) in [5.74, 6) is -3.68. The molecular formula is C24H13Br2FN2O4. The van der Waals surface area contributed by atoms with Crippen LogP contribution in [0.25, 0.3) is 0 Å². The summed E-state index contributed by atoms with van der Waals surface area (Å²) in [5, 5.41) is 11.7. The maximum Gasteiger partial charge on any atom is 0.296 e. The monoisotopic (exact) mass is 570 g/mol. The van der Waals surface area contributed by atoms with Crippen LogP contribution in [0.2, 0.25) is 0 Å². The number of alkyl halides is 2. The van der Waals surface area contributed by atoms with Gasteiger partial charge in [-0.2, -0.15) is 0 Å². The molecular weight excluding hydrogens is 559 g/mol. The number of amides is 2. The van der Waals surface area contributed by atoms with Crippen LogP contribution < -0.4 is 4.90 Å². The van der Waals surface area contributed by atoms with Crippen LogP contribution in [0, 0.1) is 27.8 Å². The van der Waals surface area contributed by atoms with Crippen molar-refractivity contribution in [1.82, 2.24) is 0 Å². The van der Waals surface area contributed by atoms with Crippen LogP contribution in [0.15, 0.2) is 66.7 Å². The highest BCUT2D eigenvalue weighted by atomic mass is 79.9. The van der Waals surface area contributed by atoms with Crippen molar-refractivity contribution in [3.63, 3.8) is 0 Å². The minimum Gasteiger partial charge on any atom is -0.274 e. The number of halogens is 3. The first-order valence-corrected chi connectivity index (χ1v) is 11.7. The number of hydrogen-bond acceptors (Lipinski definition) is 4. The largest absolute Gasteiger partial charge is 0.296 e. The van der Waals surface area contributed by atoms with Gasteiger partial charge in [-0.25, -0.2) is 9.29 Å². The average molecular weight is 572 g/mol. The van der Waals surface area contributed by atoms with Gasteiger partial charge in [-0.1, -0.05) is 80.4 Å². The van der Waals surface area contributed by atoms with Crippen LogP contribution in [0.1, 0.15) is 22.3 Å². The fraction of sp³-hybridized carbons (Fsp3) is 0.167. The summed E-state index contributed by atoms with van der Waals surface area (Å²) < 4.78 is 11.8. The molecule has 0 unspecified atom stereocenters. The molecule has 3 aromatic carbocycles. The Balaban J connectivity index is 1.65. The van der Waals surface area contributed by atoms with Crippen molar-refractivity contribution < 1.29 is 18.9 Å². The molecule has 33 heavy (non-hydrogen) atoms. The molecule has 1 fully saturated rings. The van der Waals surface area contributed by atoms with Gasteiger partial charge in [0.1, 0.15) is 11.5 Å². The summed E-state index contributed by atoms with van der Waals surface area (Å²) in [6, 6.07) is 18.0. The molecule has 164 valence electrons. The van der Waals surface area contributed by atoms with E-state index in [1.807, 2.05) is 48.5 Å². The lowest BCUT2D eigenvalue weighted by Crippen LogP contribution is -2.56. The van der Waals surface area contributed by atoms with E-state index in [1.165, 1.54) is 0 Å². The number of nitro benzene ring substituents is 1. The molecule has 4 aliphatic rings. The quantitative estimate of drug-likeness (QED) is 0.184. The van der Waals surface area contributed by atoms with Crippen LogP contribution in [-0.2, 0) is 18.2 Å². The Morgan fingerprint density at radius 3 is 1.64 bits per heavy atom. The second kappa shape index (κ2) is 6.57. The average Bonchev–Trinajstić information content (AvgIpc) is 3.08. The molecule has 0 aromatic heterocycles.